The number of fused-ring (bicyclic) bond motifs is 1. The number of nitrogens with one attached hydrogen (secondary N) is 2. The van der Waals surface area contributed by atoms with Crippen LogP contribution < -0.4 is 14.8 Å². The Balaban J connectivity index is 1.57. The Bertz CT molecular complexity index is 1260. The zero-order valence-electron chi connectivity index (χ0n) is 15.6. The monoisotopic (exact) mass is 372 g/mol. The molecule has 2 aliphatic heterocycles. The number of hydrogen-bond acceptors (Lipinski definition) is 4. The van der Waals surface area contributed by atoms with Crippen molar-refractivity contribution >= 4 is 10.9 Å². The number of methoxy groups -OCH3 is 1. The van der Waals surface area contributed by atoms with Gasteiger partial charge in [0.1, 0.15) is 5.60 Å². The van der Waals surface area contributed by atoms with E-state index in [0.29, 0.717) is 6.42 Å². The number of aromatic nitrogens is 1. The van der Waals surface area contributed by atoms with Crippen LogP contribution in [0.3, 0.4) is 0 Å². The molecule has 5 nitrogen and oxygen atoms in total. The SMILES string of the molecule is COc1ccc2c3c1O[C@@]14c5[nH]c6ccccc6c5C[C@@]5(O)C1(C2)NCC[C@@]354. The number of piperidine rings is 2. The zero-order chi connectivity index (χ0) is 18.5. The summed E-state index contributed by atoms with van der Waals surface area (Å²) < 4.78 is 12.6. The molecule has 0 amide bonds. The van der Waals surface area contributed by atoms with Crippen molar-refractivity contribution in [2.24, 2.45) is 0 Å². The molecule has 140 valence electrons. The predicted molar refractivity (Wildman–Crippen MR) is 103 cm³/mol. The fourth-order valence-electron chi connectivity index (χ4n) is 8.02. The minimum atomic E-state index is -0.846. The van der Waals surface area contributed by atoms with Crippen LogP contribution in [0.4, 0.5) is 0 Å². The summed E-state index contributed by atoms with van der Waals surface area (Å²) in [6.45, 7) is 0.902. The molecule has 1 saturated heterocycles. The Morgan fingerprint density at radius 1 is 1.14 bits per heavy atom. The normalized spacial score (nSPS) is 39.9. The van der Waals surface area contributed by atoms with Crippen LogP contribution in [-0.4, -0.2) is 34.9 Å². The summed E-state index contributed by atoms with van der Waals surface area (Å²) in [5.41, 5.74) is 3.63. The number of benzene rings is 2. The van der Waals surface area contributed by atoms with E-state index in [1.54, 1.807) is 7.11 Å². The number of aromatic amines is 1. The highest BCUT2D eigenvalue weighted by atomic mass is 16.5. The number of rotatable bonds is 1. The van der Waals surface area contributed by atoms with Gasteiger partial charge < -0.3 is 24.9 Å². The standard InChI is InChI=1S/C23H20N2O3/c1-27-16-7-6-12-10-21-22(26)11-14-13-4-2-3-5-15(13)25-19(14)23(21)20(22,8-9-24-21)17(12)18(16)28-23/h2-7,24-26H,8-11H2,1H3/t20-,21?,22+,23-/m1/s1. The van der Waals surface area contributed by atoms with Gasteiger partial charge in [-0.3, -0.25) is 0 Å². The number of para-hydroxylation sites is 1. The van der Waals surface area contributed by atoms with Gasteiger partial charge in [-0.15, -0.1) is 0 Å². The molecule has 4 atom stereocenters. The average Bonchev–Trinajstić information content (AvgIpc) is 3.20. The van der Waals surface area contributed by atoms with Gasteiger partial charge in [0.15, 0.2) is 17.1 Å². The molecular formula is C23H20N2O3. The van der Waals surface area contributed by atoms with Crippen molar-refractivity contribution in [2.45, 2.75) is 41.4 Å². The fraction of sp³-hybridized carbons (Fsp3) is 0.391. The molecule has 1 unspecified atom stereocenters. The summed E-state index contributed by atoms with van der Waals surface area (Å²) in [6.07, 6.45) is 2.31. The van der Waals surface area contributed by atoms with Crippen molar-refractivity contribution in [3.8, 4) is 11.5 Å². The van der Waals surface area contributed by atoms with E-state index in [9.17, 15) is 5.11 Å². The summed E-state index contributed by atoms with van der Waals surface area (Å²) in [7, 11) is 1.70. The Hall–Kier alpha value is -2.50. The van der Waals surface area contributed by atoms with E-state index < -0.39 is 22.2 Å². The van der Waals surface area contributed by atoms with Crippen LogP contribution in [0, 0.1) is 0 Å². The second-order valence-electron chi connectivity index (χ2n) is 9.14. The van der Waals surface area contributed by atoms with Crippen molar-refractivity contribution in [1.29, 1.82) is 0 Å². The van der Waals surface area contributed by atoms with Crippen molar-refractivity contribution in [2.75, 3.05) is 13.7 Å². The lowest BCUT2D eigenvalue weighted by atomic mass is 9.26. The first-order valence-electron chi connectivity index (χ1n) is 10.1. The van der Waals surface area contributed by atoms with E-state index in [2.05, 4.69) is 40.6 Å². The molecule has 3 heterocycles. The summed E-state index contributed by atoms with van der Waals surface area (Å²) in [5, 5.41) is 17.3. The average molecular weight is 372 g/mol. The number of H-pyrrole nitrogens is 1. The molecule has 4 aliphatic carbocycles. The molecule has 3 N–H and O–H groups in total. The topological polar surface area (TPSA) is 66.5 Å². The fourth-order valence-corrected chi connectivity index (χ4v) is 8.02. The van der Waals surface area contributed by atoms with Crippen LogP contribution >= 0.6 is 0 Å². The molecule has 6 aliphatic rings. The van der Waals surface area contributed by atoms with Crippen LogP contribution in [0.25, 0.3) is 10.9 Å². The lowest BCUT2D eigenvalue weighted by Gasteiger charge is -2.82. The highest BCUT2D eigenvalue weighted by Gasteiger charge is 2.97. The van der Waals surface area contributed by atoms with Crippen LogP contribution in [0.1, 0.15) is 28.8 Å². The Morgan fingerprint density at radius 2 is 2.04 bits per heavy atom. The number of ether oxygens (including phenoxy) is 2. The first kappa shape index (κ1) is 14.5. The maximum atomic E-state index is 12.3. The van der Waals surface area contributed by atoms with Gasteiger partial charge in [0.25, 0.3) is 0 Å². The summed E-state index contributed by atoms with van der Waals surface area (Å²) in [4.78, 5) is 3.72. The van der Waals surface area contributed by atoms with Crippen LogP contribution in [0.15, 0.2) is 36.4 Å². The van der Waals surface area contributed by atoms with Crippen LogP contribution in [-0.2, 0) is 23.9 Å². The molecule has 0 radical (unpaired) electrons. The minimum absolute atomic E-state index is 0.406. The van der Waals surface area contributed by atoms with Gasteiger partial charge in [-0.2, -0.15) is 0 Å². The molecule has 2 aromatic carbocycles. The molecule has 2 fully saturated rings. The lowest BCUT2D eigenvalue weighted by molar-refractivity contribution is -0.349. The van der Waals surface area contributed by atoms with Gasteiger partial charge >= 0.3 is 0 Å². The smallest absolute Gasteiger partial charge is 0.183 e. The number of hydrogen-bond donors (Lipinski definition) is 3. The van der Waals surface area contributed by atoms with Crippen molar-refractivity contribution in [1.82, 2.24) is 10.3 Å². The molecule has 2 spiro atoms. The third-order valence-corrected chi connectivity index (χ3v) is 8.70. The van der Waals surface area contributed by atoms with Gasteiger partial charge in [-0.1, -0.05) is 24.3 Å². The third-order valence-electron chi connectivity index (χ3n) is 8.70. The highest BCUT2D eigenvalue weighted by Crippen LogP contribution is 2.84. The molecule has 3 aromatic rings. The predicted octanol–water partition coefficient (Wildman–Crippen LogP) is 2.29. The van der Waals surface area contributed by atoms with E-state index >= 15 is 0 Å². The maximum absolute atomic E-state index is 12.3. The van der Waals surface area contributed by atoms with Gasteiger partial charge in [-0.05, 0) is 42.6 Å². The van der Waals surface area contributed by atoms with Gasteiger partial charge in [0.2, 0.25) is 0 Å². The zero-order valence-corrected chi connectivity index (χ0v) is 15.6. The second-order valence-corrected chi connectivity index (χ2v) is 9.14. The second kappa shape index (κ2) is 3.82. The van der Waals surface area contributed by atoms with E-state index in [4.69, 9.17) is 9.47 Å². The molecular weight excluding hydrogens is 352 g/mol. The molecule has 28 heavy (non-hydrogen) atoms. The molecule has 1 saturated carbocycles. The van der Waals surface area contributed by atoms with Gasteiger partial charge in [-0.25, -0.2) is 0 Å². The first-order chi connectivity index (χ1) is 13.6. The van der Waals surface area contributed by atoms with Crippen LogP contribution in [0.5, 0.6) is 11.5 Å². The molecule has 5 heteroatoms. The largest absolute Gasteiger partial charge is 0.493 e. The highest BCUT2D eigenvalue weighted by molar-refractivity contribution is 5.89. The van der Waals surface area contributed by atoms with E-state index in [0.717, 1.165) is 42.1 Å². The minimum Gasteiger partial charge on any atom is -0.493 e. The van der Waals surface area contributed by atoms with Gasteiger partial charge in [0.05, 0.1) is 23.8 Å². The summed E-state index contributed by atoms with van der Waals surface area (Å²) in [5.74, 6) is 1.61. The quantitative estimate of drug-likeness (QED) is 0.613. The van der Waals surface area contributed by atoms with E-state index in [1.807, 2.05) is 6.07 Å². The van der Waals surface area contributed by atoms with E-state index in [-0.39, 0.29) is 0 Å². The Labute approximate surface area is 161 Å². The van der Waals surface area contributed by atoms with Crippen molar-refractivity contribution in [3.05, 3.63) is 58.8 Å². The van der Waals surface area contributed by atoms with Crippen molar-refractivity contribution < 1.29 is 14.6 Å². The first-order valence-corrected chi connectivity index (χ1v) is 10.1. The Kier molecular flexibility index (Phi) is 1.98. The molecule has 9 rings (SSSR count). The van der Waals surface area contributed by atoms with Gasteiger partial charge in [0, 0.05) is 22.9 Å². The maximum Gasteiger partial charge on any atom is 0.183 e. The third kappa shape index (κ3) is 0.974. The molecule has 1 aromatic heterocycles. The van der Waals surface area contributed by atoms with E-state index in [1.165, 1.54) is 22.1 Å². The summed E-state index contributed by atoms with van der Waals surface area (Å²) >= 11 is 0. The molecule has 4 bridgehead atoms. The lowest BCUT2D eigenvalue weighted by Crippen LogP contribution is -3.01. The Morgan fingerprint density at radius 3 is 2.93 bits per heavy atom. The summed E-state index contributed by atoms with van der Waals surface area (Å²) in [6, 6.07) is 12.6. The number of aliphatic hydroxyl groups is 1. The van der Waals surface area contributed by atoms with Crippen LogP contribution in [0.2, 0.25) is 0 Å². The van der Waals surface area contributed by atoms with Crippen molar-refractivity contribution in [3.63, 3.8) is 0 Å².